The van der Waals surface area contributed by atoms with Crippen LogP contribution in [0.1, 0.15) is 135 Å². The summed E-state index contributed by atoms with van der Waals surface area (Å²) in [6.45, 7) is 3.09. The Bertz CT molecular complexity index is 772. The molecular formula is C34H54N2O. The van der Waals surface area contributed by atoms with Gasteiger partial charge in [-0.05, 0) is 42.8 Å². The van der Waals surface area contributed by atoms with Gasteiger partial charge in [0.05, 0.1) is 18.0 Å². The van der Waals surface area contributed by atoms with E-state index in [1.807, 2.05) is 54.6 Å². The van der Waals surface area contributed by atoms with E-state index in [2.05, 4.69) is 17.2 Å². The van der Waals surface area contributed by atoms with Crippen molar-refractivity contribution in [3.05, 3.63) is 54.6 Å². The monoisotopic (exact) mass is 506 g/mol. The molecule has 2 rings (SSSR count). The first-order chi connectivity index (χ1) is 18.4. The Balaban J connectivity index is 1.30. The molecule has 0 fully saturated rings. The highest BCUT2D eigenvalue weighted by Crippen LogP contribution is 2.21. The number of rotatable bonds is 24. The minimum absolute atomic E-state index is 0.795. The van der Waals surface area contributed by atoms with E-state index in [9.17, 15) is 0 Å². The zero-order valence-corrected chi connectivity index (χ0v) is 23.8. The molecule has 3 nitrogen and oxygen atoms in total. The average molecular weight is 507 g/mol. The number of ether oxygens (including phenoxy) is 1. The summed E-state index contributed by atoms with van der Waals surface area (Å²) in [6.07, 6.45) is 28.2. The molecule has 0 aromatic heterocycles. The fraction of sp³-hybridized carbons (Fsp3) is 0.647. The summed E-state index contributed by atoms with van der Waals surface area (Å²) in [6, 6.07) is 17.7. The van der Waals surface area contributed by atoms with E-state index in [4.69, 9.17) is 4.74 Å². The second-order valence-electron chi connectivity index (χ2n) is 10.6. The van der Waals surface area contributed by atoms with Crippen molar-refractivity contribution >= 4 is 11.4 Å². The summed E-state index contributed by atoms with van der Waals surface area (Å²) < 4.78 is 5.89. The topological polar surface area (TPSA) is 34.0 Å². The Kier molecular flexibility index (Phi) is 19.3. The maximum Gasteiger partial charge on any atom is 0.119 e. The molecule has 0 saturated heterocycles. The standard InChI is InChI=1S/C34H54N2O/c1-2-3-4-5-6-7-8-9-10-11-12-13-14-15-16-17-18-19-20-24-31-37-34-29-27-33(28-30-34)36-35-32-25-22-21-23-26-32/h21-23,25-30H,2-20,24,31H2,1H3. The molecular weight excluding hydrogens is 452 g/mol. The van der Waals surface area contributed by atoms with Crippen molar-refractivity contribution < 1.29 is 4.74 Å². The van der Waals surface area contributed by atoms with Crippen molar-refractivity contribution in [3.63, 3.8) is 0 Å². The van der Waals surface area contributed by atoms with Gasteiger partial charge in [-0.25, -0.2) is 0 Å². The largest absolute Gasteiger partial charge is 0.494 e. The molecule has 0 heterocycles. The minimum atomic E-state index is 0.795. The fourth-order valence-corrected chi connectivity index (χ4v) is 4.77. The van der Waals surface area contributed by atoms with Crippen molar-refractivity contribution in [2.75, 3.05) is 6.61 Å². The van der Waals surface area contributed by atoms with Crippen molar-refractivity contribution in [1.82, 2.24) is 0 Å². The van der Waals surface area contributed by atoms with Crippen LogP contribution in [0.3, 0.4) is 0 Å². The van der Waals surface area contributed by atoms with Gasteiger partial charge in [0.1, 0.15) is 5.75 Å². The Morgan fingerprint density at radius 3 is 1.24 bits per heavy atom. The number of benzene rings is 2. The van der Waals surface area contributed by atoms with Gasteiger partial charge in [0, 0.05) is 0 Å². The zero-order chi connectivity index (χ0) is 26.1. The van der Waals surface area contributed by atoms with Gasteiger partial charge in [-0.15, -0.1) is 0 Å². The predicted molar refractivity (Wildman–Crippen MR) is 161 cm³/mol. The molecule has 0 radical (unpaired) electrons. The van der Waals surface area contributed by atoms with Crippen molar-refractivity contribution in [1.29, 1.82) is 0 Å². The van der Waals surface area contributed by atoms with Crippen molar-refractivity contribution in [2.45, 2.75) is 135 Å². The zero-order valence-electron chi connectivity index (χ0n) is 23.8. The van der Waals surface area contributed by atoms with Crippen LogP contribution in [-0.2, 0) is 0 Å². The lowest BCUT2D eigenvalue weighted by Gasteiger charge is -2.06. The van der Waals surface area contributed by atoms with Gasteiger partial charge in [-0.2, -0.15) is 10.2 Å². The molecule has 0 bridgehead atoms. The third-order valence-corrected chi connectivity index (χ3v) is 7.14. The van der Waals surface area contributed by atoms with Crippen LogP contribution in [0.15, 0.2) is 64.8 Å². The lowest BCUT2D eigenvalue weighted by atomic mass is 10.0. The molecule has 2 aromatic rings. The first-order valence-corrected chi connectivity index (χ1v) is 15.6. The summed E-state index contributed by atoms with van der Waals surface area (Å²) in [5.74, 6) is 0.913. The predicted octanol–water partition coefficient (Wildman–Crippen LogP) is 12.3. The van der Waals surface area contributed by atoms with Crippen LogP contribution in [0.2, 0.25) is 0 Å². The molecule has 0 atom stereocenters. The molecule has 0 aliphatic heterocycles. The molecule has 0 N–H and O–H groups in total. The third-order valence-electron chi connectivity index (χ3n) is 7.14. The normalized spacial score (nSPS) is 11.4. The molecule has 0 aliphatic carbocycles. The van der Waals surface area contributed by atoms with Crippen molar-refractivity contribution in [3.8, 4) is 5.75 Å². The van der Waals surface area contributed by atoms with Crippen LogP contribution >= 0.6 is 0 Å². The Labute approximate surface area is 228 Å². The summed E-state index contributed by atoms with van der Waals surface area (Å²) in [7, 11) is 0. The van der Waals surface area contributed by atoms with E-state index in [-0.39, 0.29) is 0 Å². The van der Waals surface area contributed by atoms with Crippen LogP contribution in [0.5, 0.6) is 5.75 Å². The van der Waals surface area contributed by atoms with Gasteiger partial charge < -0.3 is 4.74 Å². The van der Waals surface area contributed by atoms with Crippen LogP contribution < -0.4 is 4.74 Å². The van der Waals surface area contributed by atoms with E-state index >= 15 is 0 Å². The van der Waals surface area contributed by atoms with Crippen LogP contribution in [-0.4, -0.2) is 6.61 Å². The van der Waals surface area contributed by atoms with E-state index < -0.39 is 0 Å². The van der Waals surface area contributed by atoms with Gasteiger partial charge in [-0.3, -0.25) is 0 Å². The van der Waals surface area contributed by atoms with Gasteiger partial charge in [0.2, 0.25) is 0 Å². The average Bonchev–Trinajstić information content (AvgIpc) is 2.94. The van der Waals surface area contributed by atoms with Gasteiger partial charge in [0.15, 0.2) is 0 Å². The van der Waals surface area contributed by atoms with E-state index in [0.29, 0.717) is 0 Å². The van der Waals surface area contributed by atoms with Gasteiger partial charge in [-0.1, -0.05) is 147 Å². The van der Waals surface area contributed by atoms with Crippen LogP contribution in [0.25, 0.3) is 0 Å². The molecule has 0 saturated carbocycles. The smallest absolute Gasteiger partial charge is 0.119 e. The maximum atomic E-state index is 5.89. The molecule has 3 heteroatoms. The molecule has 37 heavy (non-hydrogen) atoms. The molecule has 2 aromatic carbocycles. The highest BCUT2D eigenvalue weighted by molar-refractivity contribution is 5.42. The van der Waals surface area contributed by atoms with Gasteiger partial charge >= 0.3 is 0 Å². The fourth-order valence-electron chi connectivity index (χ4n) is 4.77. The lowest BCUT2D eigenvalue weighted by Crippen LogP contribution is -1.96. The minimum Gasteiger partial charge on any atom is -0.494 e. The maximum absolute atomic E-state index is 5.89. The number of nitrogens with zero attached hydrogens (tertiary/aromatic N) is 2. The molecule has 0 aliphatic rings. The van der Waals surface area contributed by atoms with E-state index in [1.54, 1.807) is 0 Å². The Hall–Kier alpha value is -2.16. The van der Waals surface area contributed by atoms with Crippen LogP contribution in [0, 0.1) is 0 Å². The summed E-state index contributed by atoms with van der Waals surface area (Å²) in [5, 5.41) is 8.53. The number of hydrogen-bond acceptors (Lipinski definition) is 3. The van der Waals surface area contributed by atoms with E-state index in [1.165, 1.54) is 122 Å². The molecule has 0 amide bonds. The third kappa shape index (κ3) is 17.8. The van der Waals surface area contributed by atoms with E-state index in [0.717, 1.165) is 30.2 Å². The first kappa shape index (κ1) is 31.1. The molecule has 206 valence electrons. The summed E-state index contributed by atoms with van der Waals surface area (Å²) in [4.78, 5) is 0. The Morgan fingerprint density at radius 2 is 0.811 bits per heavy atom. The van der Waals surface area contributed by atoms with Crippen LogP contribution in [0.4, 0.5) is 11.4 Å². The number of hydrogen-bond donors (Lipinski definition) is 0. The highest BCUT2D eigenvalue weighted by atomic mass is 16.5. The molecule has 0 unspecified atom stereocenters. The SMILES string of the molecule is CCCCCCCCCCCCCCCCCCCCCCOc1ccc(N=Nc2ccccc2)cc1. The molecule has 0 spiro atoms. The lowest BCUT2D eigenvalue weighted by molar-refractivity contribution is 0.304. The Morgan fingerprint density at radius 1 is 0.432 bits per heavy atom. The second kappa shape index (κ2) is 23.0. The van der Waals surface area contributed by atoms with Gasteiger partial charge in [0.25, 0.3) is 0 Å². The number of unbranched alkanes of at least 4 members (excludes halogenated alkanes) is 19. The second-order valence-corrected chi connectivity index (χ2v) is 10.6. The number of azo groups is 1. The first-order valence-electron chi connectivity index (χ1n) is 15.6. The van der Waals surface area contributed by atoms with Crippen molar-refractivity contribution in [2.24, 2.45) is 10.2 Å². The summed E-state index contributed by atoms with van der Waals surface area (Å²) >= 11 is 0. The quantitative estimate of drug-likeness (QED) is 0.103. The summed E-state index contributed by atoms with van der Waals surface area (Å²) in [5.41, 5.74) is 1.71. The highest BCUT2D eigenvalue weighted by Gasteiger charge is 1.98.